The number of hydrogen-bond acceptors (Lipinski definition) is 5. The first-order valence-corrected chi connectivity index (χ1v) is 8.86. The van der Waals surface area contributed by atoms with Gasteiger partial charge in [0.2, 0.25) is 0 Å². The number of rotatable bonds is 8. The molecule has 0 aliphatic rings. The van der Waals surface area contributed by atoms with Crippen LogP contribution in [0.2, 0.25) is 0 Å². The fourth-order valence-corrected chi connectivity index (χ4v) is 2.39. The summed E-state index contributed by atoms with van der Waals surface area (Å²) in [7, 11) is 0. The van der Waals surface area contributed by atoms with E-state index in [1.807, 2.05) is 38.1 Å². The van der Waals surface area contributed by atoms with E-state index < -0.39 is 18.5 Å². The summed E-state index contributed by atoms with van der Waals surface area (Å²) in [5, 5.41) is 11.9. The number of carbonyl (C=O) groups is 2. The van der Waals surface area contributed by atoms with Crippen LogP contribution in [-0.4, -0.2) is 25.1 Å². The SMILES string of the molecule is CCOc1ccc(/C=C(\C#N)C(=O)OCC(=O)NCc2ccccc2C)cc1. The highest BCUT2D eigenvalue weighted by atomic mass is 16.5. The first-order valence-electron chi connectivity index (χ1n) is 8.86. The predicted octanol–water partition coefficient (Wildman–Crippen LogP) is 3.16. The van der Waals surface area contributed by atoms with Crippen molar-refractivity contribution in [2.24, 2.45) is 0 Å². The van der Waals surface area contributed by atoms with Crippen molar-refractivity contribution in [3.8, 4) is 11.8 Å². The second-order valence-electron chi connectivity index (χ2n) is 5.95. The van der Waals surface area contributed by atoms with Gasteiger partial charge in [0.25, 0.3) is 5.91 Å². The highest BCUT2D eigenvalue weighted by Gasteiger charge is 2.13. The minimum absolute atomic E-state index is 0.184. The Morgan fingerprint density at radius 3 is 2.50 bits per heavy atom. The summed E-state index contributed by atoms with van der Waals surface area (Å²) in [4.78, 5) is 24.0. The molecule has 1 amide bonds. The van der Waals surface area contributed by atoms with Crippen LogP contribution in [0, 0.1) is 18.3 Å². The van der Waals surface area contributed by atoms with Crippen molar-refractivity contribution >= 4 is 18.0 Å². The van der Waals surface area contributed by atoms with Gasteiger partial charge in [0.1, 0.15) is 17.4 Å². The zero-order valence-corrected chi connectivity index (χ0v) is 15.9. The van der Waals surface area contributed by atoms with Gasteiger partial charge >= 0.3 is 5.97 Å². The molecular formula is C22H22N2O4. The molecule has 0 fully saturated rings. The lowest BCUT2D eigenvalue weighted by Gasteiger charge is -2.08. The Kier molecular flexibility index (Phi) is 7.79. The third-order valence-corrected chi connectivity index (χ3v) is 3.91. The van der Waals surface area contributed by atoms with Gasteiger partial charge in [0.05, 0.1) is 6.61 Å². The summed E-state index contributed by atoms with van der Waals surface area (Å²) in [5.74, 6) is -0.580. The molecule has 0 saturated heterocycles. The molecule has 0 saturated carbocycles. The Balaban J connectivity index is 1.88. The van der Waals surface area contributed by atoms with Gasteiger partial charge in [-0.05, 0) is 48.7 Å². The monoisotopic (exact) mass is 378 g/mol. The van der Waals surface area contributed by atoms with Gasteiger partial charge in [-0.25, -0.2) is 4.79 Å². The molecule has 2 aromatic rings. The Hall–Kier alpha value is -3.59. The summed E-state index contributed by atoms with van der Waals surface area (Å²) in [5.41, 5.74) is 2.51. The van der Waals surface area contributed by atoms with E-state index in [0.29, 0.717) is 24.5 Å². The van der Waals surface area contributed by atoms with E-state index in [0.717, 1.165) is 11.1 Å². The van der Waals surface area contributed by atoms with E-state index in [1.54, 1.807) is 30.3 Å². The Morgan fingerprint density at radius 1 is 1.14 bits per heavy atom. The summed E-state index contributed by atoms with van der Waals surface area (Å²) in [6, 6.07) is 16.4. The van der Waals surface area contributed by atoms with Crippen molar-refractivity contribution in [1.82, 2.24) is 5.32 Å². The lowest BCUT2D eigenvalue weighted by molar-refractivity contribution is -0.144. The molecule has 0 spiro atoms. The maximum atomic E-state index is 12.1. The van der Waals surface area contributed by atoms with E-state index in [1.165, 1.54) is 6.08 Å². The number of nitrogens with zero attached hydrogens (tertiary/aromatic N) is 1. The first-order chi connectivity index (χ1) is 13.5. The van der Waals surface area contributed by atoms with Crippen LogP contribution >= 0.6 is 0 Å². The number of hydrogen-bond donors (Lipinski definition) is 1. The fraction of sp³-hybridized carbons (Fsp3) is 0.227. The fourth-order valence-electron chi connectivity index (χ4n) is 2.39. The summed E-state index contributed by atoms with van der Waals surface area (Å²) in [6.45, 7) is 4.28. The summed E-state index contributed by atoms with van der Waals surface area (Å²) >= 11 is 0. The van der Waals surface area contributed by atoms with Crippen LogP contribution in [0.5, 0.6) is 5.75 Å². The molecular weight excluding hydrogens is 356 g/mol. The smallest absolute Gasteiger partial charge is 0.349 e. The standard InChI is InChI=1S/C22H22N2O4/c1-3-27-20-10-8-17(9-11-20)12-19(13-23)22(26)28-15-21(25)24-14-18-7-5-4-6-16(18)2/h4-12H,3,14-15H2,1-2H3,(H,24,25)/b19-12+. The first kappa shape index (κ1) is 20.7. The van der Waals surface area contributed by atoms with Gasteiger partial charge in [0, 0.05) is 6.54 Å². The largest absolute Gasteiger partial charge is 0.494 e. The molecule has 0 aliphatic heterocycles. The molecule has 0 unspecified atom stereocenters. The molecule has 28 heavy (non-hydrogen) atoms. The number of nitrogens with one attached hydrogen (secondary N) is 1. The number of aryl methyl sites for hydroxylation is 1. The minimum Gasteiger partial charge on any atom is -0.494 e. The lowest BCUT2D eigenvalue weighted by Crippen LogP contribution is -2.28. The molecule has 144 valence electrons. The van der Waals surface area contributed by atoms with Gasteiger partial charge in [0.15, 0.2) is 6.61 Å². The Morgan fingerprint density at radius 2 is 1.86 bits per heavy atom. The van der Waals surface area contributed by atoms with Crippen LogP contribution in [0.3, 0.4) is 0 Å². The molecule has 0 bridgehead atoms. The van der Waals surface area contributed by atoms with Crippen molar-refractivity contribution in [3.05, 3.63) is 70.8 Å². The molecule has 6 heteroatoms. The average Bonchev–Trinajstić information content (AvgIpc) is 2.71. The van der Waals surface area contributed by atoms with Crippen LogP contribution < -0.4 is 10.1 Å². The van der Waals surface area contributed by atoms with Crippen LogP contribution in [0.25, 0.3) is 6.08 Å². The second kappa shape index (κ2) is 10.5. The number of nitriles is 1. The number of carbonyl (C=O) groups excluding carboxylic acids is 2. The predicted molar refractivity (Wildman–Crippen MR) is 105 cm³/mol. The Bertz CT molecular complexity index is 895. The molecule has 0 radical (unpaired) electrons. The van der Waals surface area contributed by atoms with E-state index in [9.17, 15) is 14.9 Å². The maximum Gasteiger partial charge on any atom is 0.349 e. The van der Waals surface area contributed by atoms with Gasteiger partial charge in [-0.3, -0.25) is 4.79 Å². The Labute approximate surface area is 164 Å². The van der Waals surface area contributed by atoms with E-state index >= 15 is 0 Å². The topological polar surface area (TPSA) is 88.4 Å². The van der Waals surface area contributed by atoms with Crippen molar-refractivity contribution < 1.29 is 19.1 Å². The molecule has 0 heterocycles. The van der Waals surface area contributed by atoms with Gasteiger partial charge in [-0.1, -0.05) is 36.4 Å². The van der Waals surface area contributed by atoms with Crippen molar-refractivity contribution in [2.45, 2.75) is 20.4 Å². The zero-order valence-electron chi connectivity index (χ0n) is 15.9. The molecule has 1 N–H and O–H groups in total. The molecule has 2 aromatic carbocycles. The third kappa shape index (κ3) is 6.29. The zero-order chi connectivity index (χ0) is 20.4. The van der Waals surface area contributed by atoms with Crippen LogP contribution in [0.4, 0.5) is 0 Å². The number of ether oxygens (including phenoxy) is 2. The van der Waals surface area contributed by atoms with Gasteiger partial charge in [-0.2, -0.15) is 5.26 Å². The van der Waals surface area contributed by atoms with Gasteiger partial charge in [-0.15, -0.1) is 0 Å². The lowest BCUT2D eigenvalue weighted by atomic mass is 10.1. The van der Waals surface area contributed by atoms with Gasteiger partial charge < -0.3 is 14.8 Å². The number of benzene rings is 2. The van der Waals surface area contributed by atoms with Crippen LogP contribution in [0.1, 0.15) is 23.6 Å². The minimum atomic E-state index is -0.845. The summed E-state index contributed by atoms with van der Waals surface area (Å²) in [6.07, 6.45) is 1.41. The highest BCUT2D eigenvalue weighted by Crippen LogP contribution is 2.15. The van der Waals surface area contributed by atoms with Crippen molar-refractivity contribution in [3.63, 3.8) is 0 Å². The highest BCUT2D eigenvalue weighted by molar-refractivity contribution is 5.98. The molecule has 0 atom stereocenters. The average molecular weight is 378 g/mol. The van der Waals surface area contributed by atoms with E-state index in [2.05, 4.69) is 5.32 Å². The van der Waals surface area contributed by atoms with Crippen molar-refractivity contribution in [2.75, 3.05) is 13.2 Å². The number of amides is 1. The normalized spacial score (nSPS) is 10.7. The van der Waals surface area contributed by atoms with Crippen molar-refractivity contribution in [1.29, 1.82) is 5.26 Å². The second-order valence-corrected chi connectivity index (χ2v) is 5.95. The third-order valence-electron chi connectivity index (χ3n) is 3.91. The van der Waals surface area contributed by atoms with Crippen LogP contribution in [-0.2, 0) is 20.9 Å². The summed E-state index contributed by atoms with van der Waals surface area (Å²) < 4.78 is 10.3. The van der Waals surface area contributed by atoms with E-state index in [4.69, 9.17) is 9.47 Å². The maximum absolute atomic E-state index is 12.1. The molecule has 6 nitrogen and oxygen atoms in total. The van der Waals surface area contributed by atoms with E-state index in [-0.39, 0.29) is 5.57 Å². The quantitative estimate of drug-likeness (QED) is 0.433. The van der Waals surface area contributed by atoms with Crippen LogP contribution in [0.15, 0.2) is 54.1 Å². The molecule has 2 rings (SSSR count). The molecule has 0 aliphatic carbocycles. The number of esters is 1. The molecule has 0 aromatic heterocycles.